The zero-order valence-electron chi connectivity index (χ0n) is 10.7. The van der Waals surface area contributed by atoms with Crippen molar-refractivity contribution >= 4 is 0 Å². The van der Waals surface area contributed by atoms with Gasteiger partial charge >= 0.3 is 0 Å². The van der Waals surface area contributed by atoms with Gasteiger partial charge in [0.05, 0.1) is 6.61 Å². The van der Waals surface area contributed by atoms with E-state index in [2.05, 4.69) is 18.9 Å². The van der Waals surface area contributed by atoms with Gasteiger partial charge in [-0.25, -0.2) is 0 Å². The van der Waals surface area contributed by atoms with Gasteiger partial charge < -0.3 is 4.74 Å². The summed E-state index contributed by atoms with van der Waals surface area (Å²) in [7, 11) is 0. The number of nitrogens with one attached hydrogen (secondary N) is 1. The molecular weight excluding hydrogens is 212 g/mol. The monoisotopic (exact) mass is 234 g/mol. The van der Waals surface area contributed by atoms with Crippen LogP contribution in [0.3, 0.4) is 0 Å². The van der Waals surface area contributed by atoms with Gasteiger partial charge in [0.2, 0.25) is 0 Å². The molecule has 0 radical (unpaired) electrons. The van der Waals surface area contributed by atoms with E-state index in [9.17, 15) is 0 Å². The molecule has 1 aromatic rings. The summed E-state index contributed by atoms with van der Waals surface area (Å²) in [5, 5.41) is 0. The van der Waals surface area contributed by atoms with Crippen LogP contribution in [0.15, 0.2) is 36.4 Å². The van der Waals surface area contributed by atoms with E-state index >= 15 is 0 Å². The van der Waals surface area contributed by atoms with Crippen LogP contribution in [0.1, 0.15) is 38.3 Å². The summed E-state index contributed by atoms with van der Waals surface area (Å²) in [6.07, 6.45) is 1.84. The van der Waals surface area contributed by atoms with Crippen LogP contribution in [0.25, 0.3) is 0 Å². The quantitative estimate of drug-likeness (QED) is 0.433. The molecule has 1 unspecified atom stereocenters. The highest BCUT2D eigenvalue weighted by Gasteiger charge is 2.10. The van der Waals surface area contributed by atoms with Gasteiger partial charge in [0, 0.05) is 6.04 Å². The Morgan fingerprint density at radius 2 is 2.00 bits per heavy atom. The zero-order valence-corrected chi connectivity index (χ0v) is 10.7. The number of rotatable bonds is 7. The second-order valence-electron chi connectivity index (χ2n) is 4.03. The second kappa shape index (κ2) is 7.09. The lowest BCUT2D eigenvalue weighted by molar-refractivity contribution is 0.340. The Hall–Kier alpha value is -1.32. The molecule has 0 bridgehead atoms. The maximum Gasteiger partial charge on any atom is 0.119 e. The van der Waals surface area contributed by atoms with Gasteiger partial charge in [-0.2, -0.15) is 0 Å². The molecule has 3 heteroatoms. The third-order valence-corrected chi connectivity index (χ3v) is 2.79. The molecular formula is C14H22N2O. The summed E-state index contributed by atoms with van der Waals surface area (Å²) in [5.74, 6) is 6.47. The summed E-state index contributed by atoms with van der Waals surface area (Å²) in [6.45, 7) is 8.78. The van der Waals surface area contributed by atoms with Crippen LogP contribution in [0.5, 0.6) is 5.75 Å². The van der Waals surface area contributed by atoms with Crippen LogP contribution < -0.4 is 16.0 Å². The first-order chi connectivity index (χ1) is 8.21. The van der Waals surface area contributed by atoms with E-state index in [1.807, 2.05) is 31.2 Å². The van der Waals surface area contributed by atoms with Gasteiger partial charge in [0.1, 0.15) is 5.75 Å². The lowest BCUT2D eigenvalue weighted by Crippen LogP contribution is -2.28. The first-order valence-corrected chi connectivity index (χ1v) is 6.06. The largest absolute Gasteiger partial charge is 0.494 e. The van der Waals surface area contributed by atoms with Crippen molar-refractivity contribution in [3.8, 4) is 5.75 Å². The van der Waals surface area contributed by atoms with Gasteiger partial charge in [-0.3, -0.25) is 11.3 Å². The first-order valence-electron chi connectivity index (χ1n) is 6.06. The molecule has 0 saturated heterocycles. The molecule has 17 heavy (non-hydrogen) atoms. The van der Waals surface area contributed by atoms with Crippen molar-refractivity contribution in [3.05, 3.63) is 42.0 Å². The van der Waals surface area contributed by atoms with E-state index in [4.69, 9.17) is 10.6 Å². The van der Waals surface area contributed by atoms with Crippen LogP contribution in [0.4, 0.5) is 0 Å². The summed E-state index contributed by atoms with van der Waals surface area (Å²) in [4.78, 5) is 0. The van der Waals surface area contributed by atoms with Gasteiger partial charge in [-0.05, 0) is 37.5 Å². The number of hydrogen-bond donors (Lipinski definition) is 2. The van der Waals surface area contributed by atoms with Gasteiger partial charge in [-0.15, -0.1) is 0 Å². The molecule has 1 atom stereocenters. The Kier molecular flexibility index (Phi) is 5.73. The maximum absolute atomic E-state index is 5.58. The minimum Gasteiger partial charge on any atom is -0.494 e. The van der Waals surface area contributed by atoms with Crippen molar-refractivity contribution in [2.75, 3.05) is 6.61 Å². The van der Waals surface area contributed by atoms with Gasteiger partial charge in [0.25, 0.3) is 0 Å². The van der Waals surface area contributed by atoms with Crippen molar-refractivity contribution < 1.29 is 4.74 Å². The topological polar surface area (TPSA) is 47.3 Å². The van der Waals surface area contributed by atoms with Crippen molar-refractivity contribution in [1.82, 2.24) is 5.43 Å². The Labute approximate surface area is 104 Å². The molecule has 1 aromatic carbocycles. The summed E-state index contributed by atoms with van der Waals surface area (Å²) >= 11 is 0. The molecule has 0 fully saturated rings. The van der Waals surface area contributed by atoms with E-state index in [1.54, 1.807) is 0 Å². The number of hydrazine groups is 1. The molecule has 0 saturated carbocycles. The molecule has 3 nitrogen and oxygen atoms in total. The Morgan fingerprint density at radius 3 is 2.47 bits per heavy atom. The average Bonchev–Trinajstić information content (AvgIpc) is 2.37. The lowest BCUT2D eigenvalue weighted by Gasteiger charge is -2.17. The Morgan fingerprint density at radius 1 is 1.35 bits per heavy atom. The molecule has 94 valence electrons. The third-order valence-electron chi connectivity index (χ3n) is 2.79. The van der Waals surface area contributed by atoms with Crippen molar-refractivity contribution in [2.24, 2.45) is 5.84 Å². The summed E-state index contributed by atoms with van der Waals surface area (Å²) in [5.41, 5.74) is 5.19. The normalized spacial score (nSPS) is 12.2. The smallest absolute Gasteiger partial charge is 0.119 e. The summed E-state index contributed by atoms with van der Waals surface area (Å²) in [6, 6.07) is 8.14. The van der Waals surface area contributed by atoms with Crippen molar-refractivity contribution in [2.45, 2.75) is 32.7 Å². The molecule has 0 aliphatic carbocycles. The molecule has 0 aliphatic heterocycles. The molecule has 0 spiro atoms. The lowest BCUT2D eigenvalue weighted by atomic mass is 9.99. The zero-order chi connectivity index (χ0) is 12.7. The van der Waals surface area contributed by atoms with E-state index in [-0.39, 0.29) is 6.04 Å². The molecule has 3 N–H and O–H groups in total. The Bertz CT molecular complexity index is 346. The minimum absolute atomic E-state index is 0.123. The minimum atomic E-state index is 0.123. The van der Waals surface area contributed by atoms with Crippen LogP contribution in [0.2, 0.25) is 0 Å². The van der Waals surface area contributed by atoms with Gasteiger partial charge in [0.15, 0.2) is 0 Å². The summed E-state index contributed by atoms with van der Waals surface area (Å²) < 4.78 is 5.41. The van der Waals surface area contributed by atoms with Crippen molar-refractivity contribution in [3.63, 3.8) is 0 Å². The maximum atomic E-state index is 5.58. The van der Waals surface area contributed by atoms with E-state index in [0.29, 0.717) is 6.61 Å². The predicted octanol–water partition coefficient (Wildman–Crippen LogP) is 2.95. The van der Waals surface area contributed by atoms with E-state index < -0.39 is 0 Å². The fourth-order valence-electron chi connectivity index (χ4n) is 1.67. The number of hydrogen-bond acceptors (Lipinski definition) is 3. The number of ether oxygens (including phenoxy) is 1. The Balaban J connectivity index is 2.71. The molecule has 0 amide bonds. The van der Waals surface area contributed by atoms with Crippen LogP contribution in [0, 0.1) is 0 Å². The van der Waals surface area contributed by atoms with E-state index in [1.165, 1.54) is 5.57 Å². The van der Waals surface area contributed by atoms with Crippen LogP contribution in [-0.4, -0.2) is 6.61 Å². The van der Waals surface area contributed by atoms with Gasteiger partial charge in [-0.1, -0.05) is 31.2 Å². The number of nitrogens with two attached hydrogens (primary N) is 1. The molecule has 1 rings (SSSR count). The highest BCUT2D eigenvalue weighted by molar-refractivity contribution is 5.29. The molecule has 0 heterocycles. The first kappa shape index (κ1) is 13.7. The highest BCUT2D eigenvalue weighted by Crippen LogP contribution is 2.23. The molecule has 0 aliphatic rings. The predicted molar refractivity (Wildman–Crippen MR) is 71.7 cm³/mol. The second-order valence-corrected chi connectivity index (χ2v) is 4.03. The third kappa shape index (κ3) is 4.21. The van der Waals surface area contributed by atoms with Crippen LogP contribution >= 0.6 is 0 Å². The fourth-order valence-corrected chi connectivity index (χ4v) is 1.67. The highest BCUT2D eigenvalue weighted by atomic mass is 16.5. The molecule has 0 aromatic heterocycles. The van der Waals surface area contributed by atoms with E-state index in [0.717, 1.165) is 24.2 Å². The average molecular weight is 234 g/mol. The number of benzene rings is 1. The van der Waals surface area contributed by atoms with Crippen molar-refractivity contribution in [1.29, 1.82) is 0 Å². The van der Waals surface area contributed by atoms with Crippen LogP contribution in [-0.2, 0) is 0 Å². The SMILES string of the molecule is C=C(CC)CC(NN)c1ccc(OCC)cc1. The standard InChI is InChI=1S/C14H22N2O/c1-4-11(3)10-14(16-15)12-6-8-13(9-7-12)17-5-2/h6-9,14,16H,3-5,10,15H2,1-2H3. The fraction of sp³-hybridized carbons (Fsp3) is 0.429.